The molecule has 0 bridgehead atoms. The van der Waals surface area contributed by atoms with Gasteiger partial charge in [-0.1, -0.05) is 12.5 Å². The number of amides is 2. The Labute approximate surface area is 155 Å². The molecule has 1 aromatic rings. The normalized spacial score (nSPS) is 23.7. The minimum absolute atomic E-state index is 0.00455. The van der Waals surface area contributed by atoms with Crippen LogP contribution in [-0.4, -0.2) is 60.9 Å². The molecule has 1 aromatic carbocycles. The number of ether oxygens (including phenoxy) is 1. The van der Waals surface area contributed by atoms with Gasteiger partial charge in [-0.3, -0.25) is 9.59 Å². The van der Waals surface area contributed by atoms with E-state index in [1.54, 1.807) is 13.2 Å². The van der Waals surface area contributed by atoms with Gasteiger partial charge in [-0.25, -0.2) is 0 Å². The number of rotatable bonds is 3. The summed E-state index contributed by atoms with van der Waals surface area (Å²) in [6.45, 7) is 4.28. The summed E-state index contributed by atoms with van der Waals surface area (Å²) in [7, 11) is 1.61. The molecule has 26 heavy (non-hydrogen) atoms. The largest absolute Gasteiger partial charge is 0.496 e. The number of piperazine rings is 1. The quantitative estimate of drug-likeness (QED) is 0.893. The van der Waals surface area contributed by atoms with Gasteiger partial charge < -0.3 is 20.3 Å². The van der Waals surface area contributed by atoms with E-state index in [1.807, 2.05) is 28.9 Å². The zero-order valence-corrected chi connectivity index (χ0v) is 15.7. The maximum atomic E-state index is 12.8. The highest BCUT2D eigenvalue weighted by Gasteiger charge is 2.31. The highest BCUT2D eigenvalue weighted by Crippen LogP contribution is 2.26. The van der Waals surface area contributed by atoms with Crippen LogP contribution in [0.1, 0.15) is 41.6 Å². The van der Waals surface area contributed by atoms with Gasteiger partial charge in [-0.15, -0.1) is 0 Å². The molecule has 0 aromatic heterocycles. The molecule has 2 aliphatic rings. The van der Waals surface area contributed by atoms with Crippen molar-refractivity contribution >= 4 is 11.8 Å². The molecule has 1 saturated heterocycles. The lowest BCUT2D eigenvalue weighted by Gasteiger charge is -2.37. The standard InChI is InChI=1S/C20H29N3O3/c1-14-6-7-16(13-18(14)26-2)20(25)23-10-8-22(9-11-23)19(24)15-4-3-5-17(21)12-15/h6-7,13,15,17H,3-5,8-12,21H2,1-2H3. The molecular weight excluding hydrogens is 330 g/mol. The average molecular weight is 359 g/mol. The summed E-state index contributed by atoms with van der Waals surface area (Å²) < 4.78 is 5.31. The van der Waals surface area contributed by atoms with E-state index in [0.29, 0.717) is 31.7 Å². The molecule has 142 valence electrons. The van der Waals surface area contributed by atoms with Crippen LogP contribution in [0.3, 0.4) is 0 Å². The maximum absolute atomic E-state index is 12.8. The van der Waals surface area contributed by atoms with Crippen LogP contribution in [-0.2, 0) is 4.79 Å². The van der Waals surface area contributed by atoms with Crippen LogP contribution >= 0.6 is 0 Å². The van der Waals surface area contributed by atoms with Crippen molar-refractivity contribution in [3.63, 3.8) is 0 Å². The number of carbonyl (C=O) groups is 2. The summed E-state index contributed by atoms with van der Waals surface area (Å²) in [6.07, 6.45) is 3.79. The van der Waals surface area contributed by atoms with E-state index in [2.05, 4.69) is 0 Å². The van der Waals surface area contributed by atoms with E-state index in [1.165, 1.54) is 0 Å². The van der Waals surface area contributed by atoms with Crippen molar-refractivity contribution in [2.75, 3.05) is 33.3 Å². The van der Waals surface area contributed by atoms with E-state index in [9.17, 15) is 9.59 Å². The third kappa shape index (κ3) is 4.01. The summed E-state index contributed by atoms with van der Waals surface area (Å²) >= 11 is 0. The van der Waals surface area contributed by atoms with Crippen molar-refractivity contribution < 1.29 is 14.3 Å². The fourth-order valence-corrected chi connectivity index (χ4v) is 3.98. The van der Waals surface area contributed by atoms with Gasteiger partial charge in [0.2, 0.25) is 5.91 Å². The van der Waals surface area contributed by atoms with Crippen molar-refractivity contribution in [1.29, 1.82) is 0 Å². The molecule has 1 heterocycles. The fourth-order valence-electron chi connectivity index (χ4n) is 3.98. The number of methoxy groups -OCH3 is 1. The van der Waals surface area contributed by atoms with Crippen LogP contribution in [0.4, 0.5) is 0 Å². The molecule has 1 aliphatic heterocycles. The number of carbonyl (C=O) groups excluding carboxylic acids is 2. The van der Waals surface area contributed by atoms with Crippen LogP contribution in [0, 0.1) is 12.8 Å². The molecule has 2 unspecified atom stereocenters. The van der Waals surface area contributed by atoms with Gasteiger partial charge in [0.1, 0.15) is 5.75 Å². The van der Waals surface area contributed by atoms with Gasteiger partial charge in [0, 0.05) is 43.7 Å². The first-order chi connectivity index (χ1) is 12.5. The number of benzene rings is 1. The SMILES string of the molecule is COc1cc(C(=O)N2CCN(C(=O)C3CCCC(N)C3)CC2)ccc1C. The lowest BCUT2D eigenvalue weighted by molar-refractivity contribution is -0.138. The summed E-state index contributed by atoms with van der Waals surface area (Å²) in [6, 6.07) is 5.68. The minimum atomic E-state index is -0.00455. The summed E-state index contributed by atoms with van der Waals surface area (Å²) in [5.41, 5.74) is 7.65. The van der Waals surface area contributed by atoms with Crippen LogP contribution in [0.15, 0.2) is 18.2 Å². The highest BCUT2D eigenvalue weighted by molar-refractivity contribution is 5.95. The number of aryl methyl sites for hydroxylation is 1. The molecular formula is C20H29N3O3. The second-order valence-corrected chi connectivity index (χ2v) is 7.43. The molecule has 6 heteroatoms. The molecule has 2 fully saturated rings. The molecule has 0 spiro atoms. The van der Waals surface area contributed by atoms with Crippen molar-refractivity contribution in [1.82, 2.24) is 9.80 Å². The number of nitrogens with two attached hydrogens (primary N) is 1. The maximum Gasteiger partial charge on any atom is 0.254 e. The van der Waals surface area contributed by atoms with Crippen LogP contribution in [0.25, 0.3) is 0 Å². The van der Waals surface area contributed by atoms with Gasteiger partial charge in [0.15, 0.2) is 0 Å². The molecule has 1 saturated carbocycles. The number of hydrogen-bond donors (Lipinski definition) is 1. The number of nitrogens with zero attached hydrogens (tertiary/aromatic N) is 2. The van der Waals surface area contributed by atoms with Gasteiger partial charge in [0.25, 0.3) is 5.91 Å². The predicted molar refractivity (Wildman–Crippen MR) is 100 cm³/mol. The smallest absolute Gasteiger partial charge is 0.254 e. The third-order valence-electron chi connectivity index (χ3n) is 5.60. The average Bonchev–Trinajstić information content (AvgIpc) is 2.67. The Balaban J connectivity index is 1.58. The molecule has 2 amide bonds. The second-order valence-electron chi connectivity index (χ2n) is 7.43. The third-order valence-corrected chi connectivity index (χ3v) is 5.60. The van der Waals surface area contributed by atoms with Crippen molar-refractivity contribution in [3.8, 4) is 5.75 Å². The summed E-state index contributed by atoms with van der Waals surface area (Å²) in [5.74, 6) is 0.986. The van der Waals surface area contributed by atoms with Crippen molar-refractivity contribution in [2.45, 2.75) is 38.6 Å². The predicted octanol–water partition coefficient (Wildman–Crippen LogP) is 1.81. The Kier molecular flexibility index (Phi) is 5.81. The van der Waals surface area contributed by atoms with E-state index >= 15 is 0 Å². The first kappa shape index (κ1) is 18.7. The zero-order chi connectivity index (χ0) is 18.7. The summed E-state index contributed by atoms with van der Waals surface area (Å²) in [4.78, 5) is 29.2. The van der Waals surface area contributed by atoms with E-state index < -0.39 is 0 Å². The Morgan fingerprint density at radius 1 is 1.12 bits per heavy atom. The van der Waals surface area contributed by atoms with Crippen molar-refractivity contribution in [2.24, 2.45) is 11.7 Å². The van der Waals surface area contributed by atoms with Crippen LogP contribution in [0.2, 0.25) is 0 Å². The lowest BCUT2D eigenvalue weighted by atomic mass is 9.85. The molecule has 2 atom stereocenters. The Morgan fingerprint density at radius 3 is 2.46 bits per heavy atom. The summed E-state index contributed by atoms with van der Waals surface area (Å²) in [5, 5.41) is 0. The number of hydrogen-bond acceptors (Lipinski definition) is 4. The molecule has 6 nitrogen and oxygen atoms in total. The molecule has 0 radical (unpaired) electrons. The Bertz CT molecular complexity index is 668. The van der Waals surface area contributed by atoms with E-state index in [0.717, 1.165) is 37.0 Å². The van der Waals surface area contributed by atoms with Crippen molar-refractivity contribution in [3.05, 3.63) is 29.3 Å². The second kappa shape index (κ2) is 8.08. The topological polar surface area (TPSA) is 75.9 Å². The van der Waals surface area contributed by atoms with Gasteiger partial charge >= 0.3 is 0 Å². The van der Waals surface area contributed by atoms with Gasteiger partial charge in [-0.05, 0) is 43.9 Å². The van der Waals surface area contributed by atoms with Crippen LogP contribution < -0.4 is 10.5 Å². The van der Waals surface area contributed by atoms with E-state index in [4.69, 9.17) is 10.5 Å². The first-order valence-corrected chi connectivity index (χ1v) is 9.48. The molecule has 2 N–H and O–H groups in total. The van der Waals surface area contributed by atoms with E-state index in [-0.39, 0.29) is 23.8 Å². The van der Waals surface area contributed by atoms with Crippen LogP contribution in [0.5, 0.6) is 5.75 Å². The first-order valence-electron chi connectivity index (χ1n) is 9.48. The lowest BCUT2D eigenvalue weighted by Crippen LogP contribution is -2.52. The Morgan fingerprint density at radius 2 is 1.81 bits per heavy atom. The van der Waals surface area contributed by atoms with Gasteiger partial charge in [0.05, 0.1) is 7.11 Å². The fraction of sp³-hybridized carbons (Fsp3) is 0.600. The minimum Gasteiger partial charge on any atom is -0.496 e. The monoisotopic (exact) mass is 359 g/mol. The molecule has 3 rings (SSSR count). The molecule has 1 aliphatic carbocycles. The highest BCUT2D eigenvalue weighted by atomic mass is 16.5. The zero-order valence-electron chi connectivity index (χ0n) is 15.7. The Hall–Kier alpha value is -2.08. The van der Waals surface area contributed by atoms with Gasteiger partial charge in [-0.2, -0.15) is 0 Å².